The van der Waals surface area contributed by atoms with Crippen LogP contribution in [0.1, 0.15) is 20.8 Å². The summed E-state index contributed by atoms with van der Waals surface area (Å²) in [6.07, 6.45) is 0. The lowest BCUT2D eigenvalue weighted by molar-refractivity contribution is -0.139. The maximum Gasteiger partial charge on any atom is 0.322 e. The molecule has 7 heteroatoms. The van der Waals surface area contributed by atoms with Gasteiger partial charge in [-0.3, -0.25) is 4.79 Å². The maximum absolute atomic E-state index is 11.3. The van der Waals surface area contributed by atoms with Gasteiger partial charge in [0.1, 0.15) is 0 Å². The molecule has 6 nitrogen and oxygen atoms in total. The van der Waals surface area contributed by atoms with E-state index < -0.39 is 21.7 Å². The predicted molar refractivity (Wildman–Crippen MR) is 61.6 cm³/mol. The maximum atomic E-state index is 11.3. The van der Waals surface area contributed by atoms with E-state index in [0.29, 0.717) is 12.6 Å². The van der Waals surface area contributed by atoms with Gasteiger partial charge in [0.15, 0.2) is 5.75 Å². The van der Waals surface area contributed by atoms with Gasteiger partial charge in [-0.2, -0.15) is 0 Å². The van der Waals surface area contributed by atoms with Crippen molar-refractivity contribution in [1.29, 1.82) is 0 Å². The summed E-state index contributed by atoms with van der Waals surface area (Å²) in [5.41, 5.74) is 0. The van der Waals surface area contributed by atoms with Crippen molar-refractivity contribution in [3.63, 3.8) is 0 Å². The molecule has 0 aliphatic rings. The van der Waals surface area contributed by atoms with Gasteiger partial charge >= 0.3 is 5.97 Å². The Morgan fingerprint density at radius 1 is 1.31 bits per heavy atom. The highest BCUT2D eigenvalue weighted by atomic mass is 32.2. The monoisotopic (exact) mass is 252 g/mol. The zero-order valence-corrected chi connectivity index (χ0v) is 10.8. The van der Waals surface area contributed by atoms with Crippen LogP contribution in [0.2, 0.25) is 0 Å². The number of esters is 1. The third-order valence-corrected chi connectivity index (χ3v) is 2.87. The molecule has 0 fully saturated rings. The van der Waals surface area contributed by atoms with Crippen LogP contribution >= 0.6 is 0 Å². The number of rotatable bonds is 8. The summed E-state index contributed by atoms with van der Waals surface area (Å²) < 4.78 is 29.5. The van der Waals surface area contributed by atoms with Crippen LogP contribution < -0.4 is 10.0 Å². The van der Waals surface area contributed by atoms with E-state index in [4.69, 9.17) is 0 Å². The number of carbonyl (C=O) groups excluding carboxylic acids is 1. The minimum atomic E-state index is -3.57. The quantitative estimate of drug-likeness (QED) is 0.448. The minimum absolute atomic E-state index is 0.184. The smallest absolute Gasteiger partial charge is 0.322 e. The SMILES string of the molecule is CCOC(=O)CS(=O)(=O)NCCNC(C)C. The Morgan fingerprint density at radius 2 is 1.94 bits per heavy atom. The highest BCUT2D eigenvalue weighted by molar-refractivity contribution is 7.90. The van der Waals surface area contributed by atoms with E-state index in [1.165, 1.54) is 0 Å². The predicted octanol–water partition coefficient (Wildman–Crippen LogP) is -0.533. The van der Waals surface area contributed by atoms with Crippen LogP contribution in [-0.4, -0.2) is 45.9 Å². The Bertz CT molecular complexity index is 301. The van der Waals surface area contributed by atoms with Crippen LogP contribution in [0.5, 0.6) is 0 Å². The summed E-state index contributed by atoms with van der Waals surface area (Å²) in [7, 11) is -3.57. The molecule has 2 N–H and O–H groups in total. The van der Waals surface area contributed by atoms with Crippen molar-refractivity contribution in [1.82, 2.24) is 10.0 Å². The van der Waals surface area contributed by atoms with Crippen LogP contribution in [0.4, 0.5) is 0 Å². The molecule has 0 heterocycles. The summed E-state index contributed by atoms with van der Waals surface area (Å²) >= 11 is 0. The van der Waals surface area contributed by atoms with E-state index in [9.17, 15) is 13.2 Å². The molecule has 0 aliphatic carbocycles. The Hall–Kier alpha value is -0.660. The zero-order valence-electron chi connectivity index (χ0n) is 9.95. The minimum Gasteiger partial charge on any atom is -0.465 e. The summed E-state index contributed by atoms with van der Waals surface area (Å²) in [4.78, 5) is 10.9. The largest absolute Gasteiger partial charge is 0.465 e. The molecule has 0 rings (SSSR count). The Kier molecular flexibility index (Phi) is 7.27. The van der Waals surface area contributed by atoms with E-state index in [2.05, 4.69) is 14.8 Å². The highest BCUT2D eigenvalue weighted by Crippen LogP contribution is 1.87. The summed E-state index contributed by atoms with van der Waals surface area (Å²) in [5.74, 6) is -1.35. The van der Waals surface area contributed by atoms with Gasteiger partial charge in [-0.25, -0.2) is 13.1 Å². The van der Waals surface area contributed by atoms with E-state index in [-0.39, 0.29) is 13.2 Å². The lowest BCUT2D eigenvalue weighted by atomic mass is 10.4. The van der Waals surface area contributed by atoms with Gasteiger partial charge in [0.05, 0.1) is 6.61 Å². The van der Waals surface area contributed by atoms with Crippen LogP contribution in [0.25, 0.3) is 0 Å². The number of sulfonamides is 1. The Morgan fingerprint density at radius 3 is 2.44 bits per heavy atom. The van der Waals surface area contributed by atoms with Crippen molar-refractivity contribution in [3.8, 4) is 0 Å². The molecule has 0 radical (unpaired) electrons. The first kappa shape index (κ1) is 15.3. The second-order valence-corrected chi connectivity index (χ2v) is 5.37. The summed E-state index contributed by atoms with van der Waals surface area (Å²) in [6, 6.07) is 0.301. The molecule has 0 saturated heterocycles. The molecule has 96 valence electrons. The number of nitrogens with one attached hydrogen (secondary N) is 2. The van der Waals surface area contributed by atoms with Crippen molar-refractivity contribution in [2.45, 2.75) is 26.8 Å². The van der Waals surface area contributed by atoms with Gasteiger partial charge < -0.3 is 10.1 Å². The molecule has 0 aliphatic heterocycles. The molecule has 0 saturated carbocycles. The van der Waals surface area contributed by atoms with Crippen LogP contribution in [0, 0.1) is 0 Å². The highest BCUT2D eigenvalue weighted by Gasteiger charge is 2.16. The number of hydrogen-bond donors (Lipinski definition) is 2. The summed E-state index contributed by atoms with van der Waals surface area (Å²) in [5, 5.41) is 3.05. The van der Waals surface area contributed by atoms with Gasteiger partial charge in [-0.15, -0.1) is 0 Å². The van der Waals surface area contributed by atoms with Crippen LogP contribution in [0.15, 0.2) is 0 Å². The first-order chi connectivity index (χ1) is 7.37. The Labute approximate surface area is 96.8 Å². The lowest BCUT2D eigenvalue weighted by Gasteiger charge is -2.09. The van der Waals surface area contributed by atoms with E-state index in [1.807, 2.05) is 13.8 Å². The third-order valence-electron chi connectivity index (χ3n) is 1.61. The van der Waals surface area contributed by atoms with Crippen molar-refractivity contribution in [2.24, 2.45) is 0 Å². The topological polar surface area (TPSA) is 84.5 Å². The van der Waals surface area contributed by atoms with E-state index >= 15 is 0 Å². The zero-order chi connectivity index (χ0) is 12.6. The summed E-state index contributed by atoms with van der Waals surface area (Å²) in [6.45, 7) is 6.54. The van der Waals surface area contributed by atoms with Gasteiger partial charge in [-0.1, -0.05) is 13.8 Å². The standard InChI is InChI=1S/C9H20N2O4S/c1-4-15-9(12)7-16(13,14)11-6-5-10-8(2)3/h8,10-11H,4-7H2,1-3H3. The normalized spacial score (nSPS) is 11.8. The second-order valence-electron chi connectivity index (χ2n) is 3.57. The van der Waals surface area contributed by atoms with Gasteiger partial charge in [-0.05, 0) is 6.92 Å². The first-order valence-corrected chi connectivity index (χ1v) is 6.89. The first-order valence-electron chi connectivity index (χ1n) is 5.23. The molecule has 0 bridgehead atoms. The van der Waals surface area contributed by atoms with E-state index in [0.717, 1.165) is 0 Å². The number of ether oxygens (including phenoxy) is 1. The van der Waals surface area contributed by atoms with Crippen molar-refractivity contribution >= 4 is 16.0 Å². The molecule has 0 spiro atoms. The van der Waals surface area contributed by atoms with Gasteiger partial charge in [0.25, 0.3) is 0 Å². The molecule has 0 unspecified atom stereocenters. The van der Waals surface area contributed by atoms with Gasteiger partial charge in [0.2, 0.25) is 10.0 Å². The third kappa shape index (κ3) is 8.63. The number of hydrogen-bond acceptors (Lipinski definition) is 5. The molecular formula is C9H20N2O4S. The average molecular weight is 252 g/mol. The van der Waals surface area contributed by atoms with Crippen molar-refractivity contribution < 1.29 is 17.9 Å². The van der Waals surface area contributed by atoms with Crippen LogP contribution in [-0.2, 0) is 19.6 Å². The molecule has 16 heavy (non-hydrogen) atoms. The van der Waals surface area contributed by atoms with Crippen molar-refractivity contribution in [3.05, 3.63) is 0 Å². The molecule has 0 atom stereocenters. The average Bonchev–Trinajstić information content (AvgIpc) is 2.11. The van der Waals surface area contributed by atoms with Gasteiger partial charge in [0, 0.05) is 19.1 Å². The fourth-order valence-electron chi connectivity index (χ4n) is 0.976. The fraction of sp³-hybridized carbons (Fsp3) is 0.889. The molecular weight excluding hydrogens is 232 g/mol. The molecule has 0 aromatic rings. The molecule has 0 aromatic carbocycles. The van der Waals surface area contributed by atoms with Crippen molar-refractivity contribution in [2.75, 3.05) is 25.4 Å². The fourth-order valence-corrected chi connectivity index (χ4v) is 1.88. The lowest BCUT2D eigenvalue weighted by Crippen LogP contribution is -2.37. The Balaban J connectivity index is 3.83. The number of carbonyl (C=O) groups is 1. The van der Waals surface area contributed by atoms with Crippen LogP contribution in [0.3, 0.4) is 0 Å². The van der Waals surface area contributed by atoms with E-state index in [1.54, 1.807) is 6.92 Å². The molecule has 0 aromatic heterocycles. The molecule has 0 amide bonds. The second kappa shape index (κ2) is 7.59.